The summed E-state index contributed by atoms with van der Waals surface area (Å²) in [5.41, 5.74) is 0. The van der Waals surface area contributed by atoms with Crippen LogP contribution in [0.25, 0.3) is 0 Å². The molecule has 0 spiro atoms. The molecule has 0 amide bonds. The molecule has 5 heteroatoms. The van der Waals surface area contributed by atoms with Crippen LogP contribution in [-0.4, -0.2) is 35.4 Å². The number of nitrogens with zero attached hydrogens (tertiary/aromatic N) is 2. The minimum atomic E-state index is 0.350. The summed E-state index contributed by atoms with van der Waals surface area (Å²) < 4.78 is 4.98. The van der Waals surface area contributed by atoms with Crippen molar-refractivity contribution in [2.75, 3.05) is 20.3 Å². The Morgan fingerprint density at radius 3 is 3.21 bits per heavy atom. The summed E-state index contributed by atoms with van der Waals surface area (Å²) in [4.78, 5) is 4.42. The summed E-state index contributed by atoms with van der Waals surface area (Å²) in [7, 11) is 1.69. The van der Waals surface area contributed by atoms with E-state index < -0.39 is 0 Å². The van der Waals surface area contributed by atoms with Crippen molar-refractivity contribution in [2.45, 2.75) is 25.3 Å². The zero-order chi connectivity index (χ0) is 9.80. The van der Waals surface area contributed by atoms with Crippen LogP contribution in [0.15, 0.2) is 0 Å². The maximum absolute atomic E-state index is 4.98. The van der Waals surface area contributed by atoms with Gasteiger partial charge in [-0.05, 0) is 19.4 Å². The van der Waals surface area contributed by atoms with E-state index in [1.807, 2.05) is 0 Å². The molecule has 1 atom stereocenters. The molecule has 1 aromatic heterocycles. The van der Waals surface area contributed by atoms with Gasteiger partial charge in [0.2, 0.25) is 0 Å². The van der Waals surface area contributed by atoms with E-state index in [1.54, 1.807) is 7.11 Å². The minimum absolute atomic E-state index is 0.350. The first-order valence-electron chi connectivity index (χ1n) is 5.03. The highest BCUT2D eigenvalue weighted by Crippen LogP contribution is 2.19. The first-order chi connectivity index (χ1) is 6.90. The molecule has 1 saturated heterocycles. The highest BCUT2D eigenvalue weighted by Gasteiger charge is 2.19. The Hall–Kier alpha value is -0.940. The smallest absolute Gasteiger partial charge is 0.167 e. The van der Waals surface area contributed by atoms with Crippen molar-refractivity contribution in [1.29, 1.82) is 0 Å². The maximum Gasteiger partial charge on any atom is 0.167 e. The van der Waals surface area contributed by atoms with Gasteiger partial charge in [-0.1, -0.05) is 0 Å². The van der Waals surface area contributed by atoms with Crippen LogP contribution in [0.1, 0.15) is 30.5 Å². The predicted molar refractivity (Wildman–Crippen MR) is 51.9 cm³/mol. The van der Waals surface area contributed by atoms with E-state index in [-0.39, 0.29) is 0 Å². The number of methoxy groups -OCH3 is 1. The van der Waals surface area contributed by atoms with Gasteiger partial charge in [0.15, 0.2) is 5.82 Å². The molecule has 1 fully saturated rings. The highest BCUT2D eigenvalue weighted by molar-refractivity contribution is 4.99. The Morgan fingerprint density at radius 2 is 2.50 bits per heavy atom. The summed E-state index contributed by atoms with van der Waals surface area (Å²) in [6, 6.07) is 0.350. The molecule has 5 nitrogen and oxygen atoms in total. The summed E-state index contributed by atoms with van der Waals surface area (Å²) in [5, 5.41) is 10.5. The molecule has 0 bridgehead atoms. The quantitative estimate of drug-likeness (QED) is 0.732. The van der Waals surface area contributed by atoms with Crippen LogP contribution in [0.5, 0.6) is 0 Å². The first-order valence-corrected chi connectivity index (χ1v) is 5.03. The fraction of sp³-hybridized carbons (Fsp3) is 0.778. The number of hydrogen-bond donors (Lipinski definition) is 2. The number of ether oxygens (including phenoxy) is 1. The fourth-order valence-electron chi connectivity index (χ4n) is 1.68. The van der Waals surface area contributed by atoms with Crippen molar-refractivity contribution < 1.29 is 4.74 Å². The monoisotopic (exact) mass is 196 g/mol. The Kier molecular flexibility index (Phi) is 3.10. The third-order valence-corrected chi connectivity index (χ3v) is 2.46. The molecule has 78 valence electrons. The second-order valence-corrected chi connectivity index (χ2v) is 3.53. The molecule has 1 aromatic rings. The maximum atomic E-state index is 4.98. The largest absolute Gasteiger partial charge is 0.384 e. The van der Waals surface area contributed by atoms with E-state index in [4.69, 9.17) is 4.74 Å². The lowest BCUT2D eigenvalue weighted by molar-refractivity contribution is 0.200. The third kappa shape index (κ3) is 2.10. The van der Waals surface area contributed by atoms with Gasteiger partial charge >= 0.3 is 0 Å². The molecule has 2 N–H and O–H groups in total. The molecule has 1 unspecified atom stereocenters. The fourth-order valence-corrected chi connectivity index (χ4v) is 1.68. The highest BCUT2D eigenvalue weighted by atomic mass is 16.5. The van der Waals surface area contributed by atoms with Gasteiger partial charge in [0, 0.05) is 13.5 Å². The normalized spacial score (nSPS) is 21.6. The molecule has 0 saturated carbocycles. The van der Waals surface area contributed by atoms with Crippen molar-refractivity contribution in [3.8, 4) is 0 Å². The summed E-state index contributed by atoms with van der Waals surface area (Å²) in [6.45, 7) is 1.76. The molecular weight excluding hydrogens is 180 g/mol. The van der Waals surface area contributed by atoms with Crippen molar-refractivity contribution >= 4 is 0 Å². The van der Waals surface area contributed by atoms with Gasteiger partial charge in [0.05, 0.1) is 12.6 Å². The Balaban J connectivity index is 1.94. The van der Waals surface area contributed by atoms with E-state index in [0.29, 0.717) is 12.6 Å². The van der Waals surface area contributed by atoms with E-state index in [9.17, 15) is 0 Å². The molecule has 14 heavy (non-hydrogen) atoms. The van der Waals surface area contributed by atoms with Crippen LogP contribution >= 0.6 is 0 Å². The van der Waals surface area contributed by atoms with Crippen molar-refractivity contribution in [2.24, 2.45) is 0 Å². The van der Waals surface area contributed by atoms with E-state index in [1.165, 1.54) is 6.42 Å². The summed E-state index contributed by atoms with van der Waals surface area (Å²) >= 11 is 0. The number of hydrogen-bond acceptors (Lipinski definition) is 4. The SMILES string of the molecule is COCCc1nc(C2CCCN2)n[nH]1. The lowest BCUT2D eigenvalue weighted by Crippen LogP contribution is -2.14. The molecule has 0 aliphatic carbocycles. The Labute approximate surface area is 83.3 Å². The molecule has 0 radical (unpaired) electrons. The number of aromatic nitrogens is 3. The van der Waals surface area contributed by atoms with Crippen LogP contribution in [0.3, 0.4) is 0 Å². The number of H-pyrrole nitrogens is 1. The first kappa shape index (κ1) is 9.61. The summed E-state index contributed by atoms with van der Waals surface area (Å²) in [5.74, 6) is 1.81. The lowest BCUT2D eigenvalue weighted by Gasteiger charge is -2.02. The van der Waals surface area contributed by atoms with Crippen molar-refractivity contribution in [3.63, 3.8) is 0 Å². The average Bonchev–Trinajstić information content (AvgIpc) is 2.85. The standard InChI is InChI=1S/C9H16N4O/c1-14-6-4-8-11-9(13-12-8)7-3-2-5-10-7/h7,10H,2-6H2,1H3,(H,11,12,13). The zero-order valence-corrected chi connectivity index (χ0v) is 8.42. The van der Waals surface area contributed by atoms with Crippen LogP contribution in [-0.2, 0) is 11.2 Å². The van der Waals surface area contributed by atoms with E-state index >= 15 is 0 Å². The Morgan fingerprint density at radius 1 is 1.57 bits per heavy atom. The molecule has 1 aliphatic heterocycles. The van der Waals surface area contributed by atoms with Crippen LogP contribution in [0.4, 0.5) is 0 Å². The zero-order valence-electron chi connectivity index (χ0n) is 8.42. The van der Waals surface area contributed by atoms with Crippen LogP contribution in [0.2, 0.25) is 0 Å². The second kappa shape index (κ2) is 4.52. The predicted octanol–water partition coefficient (Wildman–Crippen LogP) is 0.418. The molecule has 2 heterocycles. The topological polar surface area (TPSA) is 62.8 Å². The van der Waals surface area contributed by atoms with E-state index in [0.717, 1.165) is 31.0 Å². The van der Waals surface area contributed by atoms with Crippen LogP contribution in [0, 0.1) is 0 Å². The Bertz CT molecular complexity index is 280. The second-order valence-electron chi connectivity index (χ2n) is 3.53. The minimum Gasteiger partial charge on any atom is -0.384 e. The van der Waals surface area contributed by atoms with Gasteiger partial charge in [-0.2, -0.15) is 5.10 Å². The molecule has 1 aliphatic rings. The van der Waals surface area contributed by atoms with Crippen LogP contribution < -0.4 is 5.32 Å². The van der Waals surface area contributed by atoms with Gasteiger partial charge < -0.3 is 10.1 Å². The molecule has 2 rings (SSSR count). The van der Waals surface area contributed by atoms with Gasteiger partial charge in [-0.3, -0.25) is 5.10 Å². The number of rotatable bonds is 4. The molecular formula is C9H16N4O. The number of nitrogens with one attached hydrogen (secondary N) is 2. The van der Waals surface area contributed by atoms with Gasteiger partial charge in [0.1, 0.15) is 5.82 Å². The van der Waals surface area contributed by atoms with Gasteiger partial charge in [-0.15, -0.1) is 0 Å². The lowest BCUT2D eigenvalue weighted by atomic mass is 10.2. The number of aromatic amines is 1. The van der Waals surface area contributed by atoms with E-state index in [2.05, 4.69) is 20.5 Å². The van der Waals surface area contributed by atoms with Crippen molar-refractivity contribution in [3.05, 3.63) is 11.6 Å². The third-order valence-electron chi connectivity index (χ3n) is 2.46. The molecule has 0 aromatic carbocycles. The average molecular weight is 196 g/mol. The van der Waals surface area contributed by atoms with Crippen molar-refractivity contribution in [1.82, 2.24) is 20.5 Å². The van der Waals surface area contributed by atoms with Gasteiger partial charge in [-0.25, -0.2) is 4.98 Å². The summed E-state index contributed by atoms with van der Waals surface area (Å²) in [6.07, 6.45) is 3.16. The van der Waals surface area contributed by atoms with Gasteiger partial charge in [0.25, 0.3) is 0 Å².